The molecule has 5 heteroatoms. The monoisotopic (exact) mass is 381 g/mol. The zero-order valence-electron chi connectivity index (χ0n) is 16.6. The van der Waals surface area contributed by atoms with Crippen molar-refractivity contribution in [3.05, 3.63) is 71.8 Å². The molecule has 1 aliphatic heterocycles. The molecule has 5 nitrogen and oxygen atoms in total. The molecule has 3 rings (SSSR count). The van der Waals surface area contributed by atoms with Crippen LogP contribution in [0, 0.1) is 5.92 Å². The summed E-state index contributed by atoms with van der Waals surface area (Å²) in [7, 11) is 0. The van der Waals surface area contributed by atoms with Crippen LogP contribution in [0.25, 0.3) is 0 Å². The largest absolute Gasteiger partial charge is 0.396 e. The number of nitrogens with one attached hydrogen (secondary N) is 2. The van der Waals surface area contributed by atoms with E-state index in [2.05, 4.69) is 41.8 Å². The van der Waals surface area contributed by atoms with Crippen LogP contribution in [0.2, 0.25) is 0 Å². The minimum Gasteiger partial charge on any atom is -0.396 e. The first-order valence-corrected chi connectivity index (χ1v) is 10.2. The Morgan fingerprint density at radius 1 is 1.11 bits per heavy atom. The zero-order chi connectivity index (χ0) is 19.6. The Kier molecular flexibility index (Phi) is 7.88. The Morgan fingerprint density at radius 3 is 2.50 bits per heavy atom. The third kappa shape index (κ3) is 5.57. The number of hydrogen-bond acceptors (Lipinski definition) is 3. The van der Waals surface area contributed by atoms with Crippen molar-refractivity contribution in [2.75, 3.05) is 32.8 Å². The Balaban J connectivity index is 1.60. The maximum Gasteiger partial charge on any atom is 0.191 e. The average molecular weight is 382 g/mol. The number of hydrogen-bond donors (Lipinski definition) is 3. The molecule has 3 atom stereocenters. The van der Waals surface area contributed by atoms with Gasteiger partial charge in [-0.05, 0) is 24.5 Å². The first kappa shape index (κ1) is 20.4. The van der Waals surface area contributed by atoms with Gasteiger partial charge in [-0.3, -0.25) is 4.99 Å². The normalized spacial score (nSPS) is 20.7. The zero-order valence-corrected chi connectivity index (χ0v) is 16.6. The average Bonchev–Trinajstić information content (AvgIpc) is 3.22. The van der Waals surface area contributed by atoms with Gasteiger partial charge in [0, 0.05) is 31.5 Å². The van der Waals surface area contributed by atoms with Crippen molar-refractivity contribution in [3.63, 3.8) is 0 Å². The topological polar surface area (TPSA) is 65.9 Å². The van der Waals surface area contributed by atoms with E-state index in [0.29, 0.717) is 12.5 Å². The highest BCUT2D eigenvalue weighted by atomic mass is 16.5. The lowest BCUT2D eigenvalue weighted by Crippen LogP contribution is -2.40. The maximum absolute atomic E-state index is 9.76. The molecular formula is C23H31N3O2. The Hall–Kier alpha value is -2.37. The fourth-order valence-electron chi connectivity index (χ4n) is 3.62. The lowest BCUT2D eigenvalue weighted by molar-refractivity contribution is 0.0915. The minimum atomic E-state index is 0.00328. The molecule has 3 N–H and O–H groups in total. The number of aliphatic hydroxyl groups is 1. The quantitative estimate of drug-likeness (QED) is 0.486. The molecule has 150 valence electrons. The van der Waals surface area contributed by atoms with Gasteiger partial charge in [-0.1, -0.05) is 60.7 Å². The Morgan fingerprint density at radius 2 is 1.82 bits per heavy atom. The Bertz CT molecular complexity index is 721. The van der Waals surface area contributed by atoms with E-state index < -0.39 is 0 Å². The van der Waals surface area contributed by atoms with E-state index in [9.17, 15) is 5.11 Å². The van der Waals surface area contributed by atoms with Crippen molar-refractivity contribution in [2.45, 2.75) is 25.4 Å². The second-order valence-electron chi connectivity index (χ2n) is 7.14. The van der Waals surface area contributed by atoms with Crippen LogP contribution in [0.3, 0.4) is 0 Å². The van der Waals surface area contributed by atoms with Gasteiger partial charge in [-0.25, -0.2) is 0 Å². The number of aliphatic imine (C=N–C) groups is 1. The van der Waals surface area contributed by atoms with Crippen LogP contribution in [0.1, 0.15) is 36.5 Å². The molecule has 0 aromatic heterocycles. The second-order valence-corrected chi connectivity index (χ2v) is 7.14. The highest BCUT2D eigenvalue weighted by Gasteiger charge is 2.29. The summed E-state index contributed by atoms with van der Waals surface area (Å²) in [4.78, 5) is 4.71. The first-order chi connectivity index (χ1) is 13.8. The molecule has 0 spiro atoms. The lowest BCUT2D eigenvalue weighted by Gasteiger charge is -2.21. The lowest BCUT2D eigenvalue weighted by atomic mass is 9.95. The van der Waals surface area contributed by atoms with Crippen molar-refractivity contribution in [1.82, 2.24) is 10.6 Å². The molecule has 3 unspecified atom stereocenters. The minimum absolute atomic E-state index is 0.00328. The van der Waals surface area contributed by atoms with Crippen LogP contribution in [0.5, 0.6) is 0 Å². The van der Waals surface area contributed by atoms with Crippen molar-refractivity contribution in [1.29, 1.82) is 0 Å². The van der Waals surface area contributed by atoms with E-state index in [1.807, 2.05) is 36.4 Å². The number of guanidine groups is 1. The van der Waals surface area contributed by atoms with Crippen LogP contribution in [-0.4, -0.2) is 43.9 Å². The molecule has 1 fully saturated rings. The van der Waals surface area contributed by atoms with Crippen LogP contribution in [0.15, 0.2) is 65.7 Å². The van der Waals surface area contributed by atoms with Gasteiger partial charge in [0.1, 0.15) is 0 Å². The number of ether oxygens (including phenoxy) is 1. The van der Waals surface area contributed by atoms with Gasteiger partial charge in [0.25, 0.3) is 0 Å². The predicted molar refractivity (Wildman–Crippen MR) is 113 cm³/mol. The Labute approximate surface area is 167 Å². The molecule has 0 radical (unpaired) electrons. The van der Waals surface area contributed by atoms with Gasteiger partial charge in [-0.15, -0.1) is 0 Å². The fraction of sp³-hybridized carbons (Fsp3) is 0.435. The summed E-state index contributed by atoms with van der Waals surface area (Å²) in [5.41, 5.74) is 2.34. The molecule has 0 saturated carbocycles. The van der Waals surface area contributed by atoms with Gasteiger partial charge in [0.15, 0.2) is 5.96 Å². The van der Waals surface area contributed by atoms with E-state index in [4.69, 9.17) is 9.73 Å². The molecule has 1 saturated heterocycles. The molecule has 1 aliphatic rings. The molecule has 2 aromatic rings. The van der Waals surface area contributed by atoms with E-state index >= 15 is 0 Å². The number of nitrogens with zero attached hydrogens (tertiary/aromatic N) is 1. The van der Waals surface area contributed by atoms with E-state index in [0.717, 1.165) is 37.6 Å². The summed E-state index contributed by atoms with van der Waals surface area (Å²) < 4.78 is 5.98. The third-order valence-electron chi connectivity index (χ3n) is 5.18. The van der Waals surface area contributed by atoms with Crippen LogP contribution in [-0.2, 0) is 4.74 Å². The summed E-state index contributed by atoms with van der Waals surface area (Å²) in [6, 6.07) is 20.5. The molecule has 0 aliphatic carbocycles. The number of benzene rings is 2. The van der Waals surface area contributed by atoms with E-state index in [-0.39, 0.29) is 18.6 Å². The smallest absolute Gasteiger partial charge is 0.191 e. The molecule has 2 aromatic carbocycles. The molecule has 0 bridgehead atoms. The van der Waals surface area contributed by atoms with Gasteiger partial charge in [0.2, 0.25) is 0 Å². The molecule has 28 heavy (non-hydrogen) atoms. The molecule has 1 heterocycles. The summed E-state index contributed by atoms with van der Waals surface area (Å²) >= 11 is 0. The summed E-state index contributed by atoms with van der Waals surface area (Å²) in [5.74, 6) is 1.20. The number of rotatable bonds is 8. The second kappa shape index (κ2) is 10.8. The van der Waals surface area contributed by atoms with Crippen molar-refractivity contribution in [2.24, 2.45) is 10.9 Å². The predicted octanol–water partition coefficient (Wildman–Crippen LogP) is 3.10. The van der Waals surface area contributed by atoms with E-state index in [1.165, 1.54) is 5.56 Å². The van der Waals surface area contributed by atoms with Crippen LogP contribution < -0.4 is 10.6 Å². The van der Waals surface area contributed by atoms with Crippen LogP contribution >= 0.6 is 0 Å². The standard InChI is InChI=1S/C23H31N3O2/c1-2-24-23(26-16-21(17-27)18-9-5-3-6-10-18)25-15-20-13-14-28-22(20)19-11-7-4-8-12-19/h3-12,20-22,27H,2,13-17H2,1H3,(H2,24,25,26). The maximum atomic E-state index is 9.76. The summed E-state index contributed by atoms with van der Waals surface area (Å²) in [6.07, 6.45) is 1.17. The SMILES string of the molecule is CCNC(=NCC(CO)c1ccccc1)NCC1CCOC1c1ccccc1. The highest BCUT2D eigenvalue weighted by molar-refractivity contribution is 5.79. The molecule has 0 amide bonds. The summed E-state index contributed by atoms with van der Waals surface area (Å²) in [6.45, 7) is 5.08. The van der Waals surface area contributed by atoms with Crippen LogP contribution in [0.4, 0.5) is 0 Å². The first-order valence-electron chi connectivity index (χ1n) is 10.2. The van der Waals surface area contributed by atoms with Crippen molar-refractivity contribution in [3.8, 4) is 0 Å². The van der Waals surface area contributed by atoms with Gasteiger partial charge in [-0.2, -0.15) is 0 Å². The fourth-order valence-corrected chi connectivity index (χ4v) is 3.62. The number of aliphatic hydroxyl groups excluding tert-OH is 1. The van der Waals surface area contributed by atoms with Crippen molar-refractivity contribution >= 4 is 5.96 Å². The highest BCUT2D eigenvalue weighted by Crippen LogP contribution is 2.33. The van der Waals surface area contributed by atoms with Gasteiger partial charge in [0.05, 0.1) is 19.3 Å². The van der Waals surface area contributed by atoms with Crippen molar-refractivity contribution < 1.29 is 9.84 Å². The van der Waals surface area contributed by atoms with Gasteiger partial charge < -0.3 is 20.5 Å². The third-order valence-corrected chi connectivity index (χ3v) is 5.18. The molecular weight excluding hydrogens is 350 g/mol. The summed E-state index contributed by atoms with van der Waals surface area (Å²) in [5, 5.41) is 16.5. The van der Waals surface area contributed by atoms with E-state index in [1.54, 1.807) is 0 Å². The van der Waals surface area contributed by atoms with Gasteiger partial charge >= 0.3 is 0 Å².